The first kappa shape index (κ1) is 15.4. The second kappa shape index (κ2) is 5.16. The highest BCUT2D eigenvalue weighted by molar-refractivity contribution is 5.63. The summed E-state index contributed by atoms with van der Waals surface area (Å²) in [6.45, 7) is 0. The predicted octanol–water partition coefficient (Wildman–Crippen LogP) is 3.98. The molecule has 0 aromatic heterocycles. The number of hydrogen-bond donors (Lipinski definition) is 0. The molecule has 0 aliphatic heterocycles. The molecule has 4 bridgehead atoms. The van der Waals surface area contributed by atoms with Crippen LogP contribution in [0.25, 0.3) is 0 Å². The Hall–Kier alpha value is -2.18. The van der Waals surface area contributed by atoms with E-state index in [1.165, 1.54) is 38.5 Å². The zero-order chi connectivity index (χ0) is 17.1. The molecular weight excluding hydrogens is 312 g/mol. The number of methoxy groups -OCH3 is 1. The SMILES string of the molecule is COc1c([N+](=O)[O-])cc(C23CC4CC(CC(C4)C2)C3)cc1[N+](=O)[O-]. The van der Waals surface area contributed by atoms with Crippen LogP contribution in [0.3, 0.4) is 0 Å². The Morgan fingerprint density at radius 3 is 1.71 bits per heavy atom. The van der Waals surface area contributed by atoms with E-state index in [0.29, 0.717) is 17.8 Å². The molecule has 4 saturated carbocycles. The van der Waals surface area contributed by atoms with E-state index in [0.717, 1.165) is 24.8 Å². The molecule has 128 valence electrons. The maximum absolute atomic E-state index is 11.4. The summed E-state index contributed by atoms with van der Waals surface area (Å²) in [4.78, 5) is 21.7. The molecule has 24 heavy (non-hydrogen) atoms. The standard InChI is InChI=1S/C17H20N2O5/c1-24-16-14(18(20)21)5-13(6-15(16)19(22)23)17-7-10-2-11(8-17)4-12(3-10)9-17/h5-6,10-12H,2-4,7-9H2,1H3. The highest BCUT2D eigenvalue weighted by Crippen LogP contribution is 2.61. The van der Waals surface area contributed by atoms with Crippen LogP contribution in [-0.2, 0) is 5.41 Å². The summed E-state index contributed by atoms with van der Waals surface area (Å²) in [7, 11) is 1.24. The van der Waals surface area contributed by atoms with Gasteiger partial charge in [0.15, 0.2) is 0 Å². The molecule has 0 heterocycles. The van der Waals surface area contributed by atoms with Gasteiger partial charge in [-0.25, -0.2) is 0 Å². The lowest BCUT2D eigenvalue weighted by molar-refractivity contribution is -0.396. The molecule has 0 spiro atoms. The van der Waals surface area contributed by atoms with Gasteiger partial charge >= 0.3 is 11.4 Å². The molecule has 0 atom stereocenters. The second-order valence-electron chi connectivity index (χ2n) is 7.76. The van der Waals surface area contributed by atoms with Gasteiger partial charge < -0.3 is 4.74 Å². The van der Waals surface area contributed by atoms with Gasteiger partial charge in [-0.1, -0.05) is 0 Å². The first-order chi connectivity index (χ1) is 11.4. The normalized spacial score (nSPS) is 33.5. The van der Waals surface area contributed by atoms with Gasteiger partial charge in [0, 0.05) is 12.1 Å². The predicted molar refractivity (Wildman–Crippen MR) is 86.2 cm³/mol. The smallest absolute Gasteiger partial charge is 0.318 e. The number of rotatable bonds is 4. The van der Waals surface area contributed by atoms with Gasteiger partial charge in [0.2, 0.25) is 0 Å². The fourth-order valence-electron chi connectivity index (χ4n) is 5.85. The Kier molecular flexibility index (Phi) is 3.30. The van der Waals surface area contributed by atoms with Crippen LogP contribution < -0.4 is 4.74 Å². The van der Waals surface area contributed by atoms with Crippen molar-refractivity contribution in [1.29, 1.82) is 0 Å². The van der Waals surface area contributed by atoms with Crippen LogP contribution in [0.15, 0.2) is 12.1 Å². The molecule has 4 aliphatic rings. The molecule has 0 saturated heterocycles. The second-order valence-corrected chi connectivity index (χ2v) is 7.76. The van der Waals surface area contributed by atoms with Crippen molar-refractivity contribution in [3.05, 3.63) is 37.9 Å². The zero-order valence-corrected chi connectivity index (χ0v) is 13.6. The maximum Gasteiger partial charge on any atom is 0.318 e. The van der Waals surface area contributed by atoms with E-state index in [1.807, 2.05) is 0 Å². The number of nitrogens with zero attached hydrogens (tertiary/aromatic N) is 2. The number of hydrogen-bond acceptors (Lipinski definition) is 5. The summed E-state index contributed by atoms with van der Waals surface area (Å²) in [5.74, 6) is 1.74. The van der Waals surface area contributed by atoms with E-state index in [4.69, 9.17) is 4.74 Å². The molecule has 4 aliphatic carbocycles. The lowest BCUT2D eigenvalue weighted by atomic mass is 9.48. The Balaban J connectivity index is 1.86. The number of nitro groups is 2. The number of nitro benzene ring substituents is 2. The Morgan fingerprint density at radius 1 is 0.958 bits per heavy atom. The van der Waals surface area contributed by atoms with Crippen molar-refractivity contribution in [2.24, 2.45) is 17.8 Å². The van der Waals surface area contributed by atoms with Gasteiger partial charge in [-0.3, -0.25) is 20.2 Å². The van der Waals surface area contributed by atoms with Crippen LogP contribution in [0.1, 0.15) is 44.1 Å². The summed E-state index contributed by atoms with van der Waals surface area (Å²) >= 11 is 0. The van der Waals surface area contributed by atoms with E-state index in [-0.39, 0.29) is 22.5 Å². The summed E-state index contributed by atoms with van der Waals surface area (Å²) in [5.41, 5.74) is 0.0481. The minimum atomic E-state index is -0.574. The van der Waals surface area contributed by atoms with Crippen LogP contribution in [0, 0.1) is 38.0 Å². The molecule has 7 heteroatoms. The fourth-order valence-corrected chi connectivity index (χ4v) is 5.85. The molecule has 1 aromatic carbocycles. The fraction of sp³-hybridized carbons (Fsp3) is 0.647. The van der Waals surface area contributed by atoms with Crippen molar-refractivity contribution < 1.29 is 14.6 Å². The third-order valence-corrected chi connectivity index (χ3v) is 6.30. The molecule has 1 aromatic rings. The third kappa shape index (κ3) is 2.17. The van der Waals surface area contributed by atoms with Gasteiger partial charge in [-0.05, 0) is 67.3 Å². The largest absolute Gasteiger partial charge is 0.485 e. The lowest BCUT2D eigenvalue weighted by Gasteiger charge is -2.57. The first-order valence-corrected chi connectivity index (χ1v) is 8.43. The van der Waals surface area contributed by atoms with Crippen LogP contribution >= 0.6 is 0 Å². The molecule has 5 rings (SSSR count). The summed E-state index contributed by atoms with van der Waals surface area (Å²) in [6.07, 6.45) is 6.75. The van der Waals surface area contributed by atoms with E-state index in [1.54, 1.807) is 0 Å². The van der Waals surface area contributed by atoms with Gasteiger partial charge in [0.25, 0.3) is 5.75 Å². The first-order valence-electron chi connectivity index (χ1n) is 8.43. The quantitative estimate of drug-likeness (QED) is 0.614. The van der Waals surface area contributed by atoms with Gasteiger partial charge in [-0.2, -0.15) is 0 Å². The Labute approximate surface area is 139 Å². The van der Waals surface area contributed by atoms with Crippen LogP contribution in [0.2, 0.25) is 0 Å². The molecule has 4 fully saturated rings. The van der Waals surface area contributed by atoms with Crippen LogP contribution in [0.5, 0.6) is 5.75 Å². The van der Waals surface area contributed by atoms with Crippen LogP contribution in [-0.4, -0.2) is 17.0 Å². The molecule has 0 N–H and O–H groups in total. The van der Waals surface area contributed by atoms with E-state index < -0.39 is 9.85 Å². The molecule has 0 amide bonds. The molecule has 0 unspecified atom stereocenters. The molecular formula is C17H20N2O5. The van der Waals surface area contributed by atoms with Gasteiger partial charge in [0.1, 0.15) is 0 Å². The summed E-state index contributed by atoms with van der Waals surface area (Å²) < 4.78 is 4.99. The minimum absolute atomic E-state index is 0.128. The van der Waals surface area contributed by atoms with Crippen molar-refractivity contribution in [2.45, 2.75) is 43.9 Å². The van der Waals surface area contributed by atoms with Crippen LogP contribution in [0.4, 0.5) is 11.4 Å². The van der Waals surface area contributed by atoms with Crippen molar-refractivity contribution in [2.75, 3.05) is 7.11 Å². The highest BCUT2D eigenvalue weighted by Gasteiger charge is 2.52. The van der Waals surface area contributed by atoms with Gasteiger partial charge in [0.05, 0.1) is 17.0 Å². The average Bonchev–Trinajstić information content (AvgIpc) is 2.52. The maximum atomic E-state index is 11.4. The topological polar surface area (TPSA) is 95.5 Å². The van der Waals surface area contributed by atoms with E-state index in [9.17, 15) is 20.2 Å². The number of ether oxygens (including phenoxy) is 1. The third-order valence-electron chi connectivity index (χ3n) is 6.30. The van der Waals surface area contributed by atoms with Gasteiger partial charge in [-0.15, -0.1) is 0 Å². The monoisotopic (exact) mass is 332 g/mol. The lowest BCUT2D eigenvalue weighted by Crippen LogP contribution is -2.48. The average molecular weight is 332 g/mol. The molecule has 7 nitrogen and oxygen atoms in total. The Morgan fingerprint density at radius 2 is 1.38 bits per heavy atom. The summed E-state index contributed by atoms with van der Waals surface area (Å²) in [6, 6.07) is 3.05. The van der Waals surface area contributed by atoms with E-state index in [2.05, 4.69) is 0 Å². The zero-order valence-electron chi connectivity index (χ0n) is 13.6. The van der Waals surface area contributed by atoms with Crippen molar-refractivity contribution in [1.82, 2.24) is 0 Å². The Bertz CT molecular complexity index is 659. The number of benzene rings is 1. The van der Waals surface area contributed by atoms with Crippen molar-refractivity contribution >= 4 is 11.4 Å². The molecule has 0 radical (unpaired) electrons. The highest BCUT2D eigenvalue weighted by atomic mass is 16.6. The minimum Gasteiger partial charge on any atom is -0.485 e. The van der Waals surface area contributed by atoms with E-state index >= 15 is 0 Å². The van der Waals surface area contributed by atoms with Crippen molar-refractivity contribution in [3.8, 4) is 5.75 Å². The van der Waals surface area contributed by atoms with Crippen molar-refractivity contribution in [3.63, 3.8) is 0 Å². The summed E-state index contributed by atoms with van der Waals surface area (Å²) in [5, 5.41) is 22.9.